The third-order valence-electron chi connectivity index (χ3n) is 3.30. The highest BCUT2D eigenvalue weighted by atomic mass is 16.5. The van der Waals surface area contributed by atoms with Crippen LogP contribution in [0.15, 0.2) is 18.2 Å². The molecule has 0 fully saturated rings. The summed E-state index contributed by atoms with van der Waals surface area (Å²) in [5, 5.41) is 10.1. The maximum atomic E-state index is 12.6. The minimum Gasteiger partial charge on any atom is -0.504 e. The van der Waals surface area contributed by atoms with Gasteiger partial charge in [0.15, 0.2) is 11.5 Å². The first-order valence-corrected chi connectivity index (χ1v) is 7.30. The Labute approximate surface area is 121 Å². The molecule has 0 saturated carbocycles. The Morgan fingerprint density at radius 1 is 1.20 bits per heavy atom. The molecule has 0 unspecified atom stereocenters. The summed E-state index contributed by atoms with van der Waals surface area (Å²) in [6.07, 6.45) is 4.03. The Balaban J connectivity index is 2.92. The Bertz CT molecular complexity index is 424. The number of hydrogen-bond donors (Lipinski definition) is 1. The lowest BCUT2D eigenvalue weighted by molar-refractivity contribution is 0.0747. The number of unbranched alkanes of at least 4 members (excludes halogenated alkanes) is 2. The molecule has 0 bridgehead atoms. The molecule has 0 heterocycles. The first-order valence-electron chi connectivity index (χ1n) is 7.30. The monoisotopic (exact) mass is 279 g/mol. The van der Waals surface area contributed by atoms with E-state index in [9.17, 15) is 9.90 Å². The predicted octanol–water partition coefficient (Wildman–Crippen LogP) is 3.44. The third kappa shape index (κ3) is 4.15. The number of benzene rings is 1. The van der Waals surface area contributed by atoms with Crippen molar-refractivity contribution in [2.75, 3.05) is 20.2 Å². The molecule has 112 valence electrons. The van der Waals surface area contributed by atoms with E-state index in [1.54, 1.807) is 18.2 Å². The van der Waals surface area contributed by atoms with Crippen LogP contribution in [0.25, 0.3) is 0 Å². The first-order chi connectivity index (χ1) is 9.65. The fourth-order valence-electron chi connectivity index (χ4n) is 2.04. The highest BCUT2D eigenvalue weighted by Gasteiger charge is 2.20. The molecule has 0 saturated heterocycles. The van der Waals surface area contributed by atoms with Crippen LogP contribution in [0.5, 0.6) is 11.5 Å². The third-order valence-corrected chi connectivity index (χ3v) is 3.30. The number of hydrogen-bond acceptors (Lipinski definition) is 3. The minimum atomic E-state index is -0.122. The Kier molecular flexibility index (Phi) is 6.91. The van der Waals surface area contributed by atoms with Crippen molar-refractivity contribution in [1.29, 1.82) is 0 Å². The van der Waals surface area contributed by atoms with Crippen molar-refractivity contribution >= 4 is 5.91 Å². The van der Waals surface area contributed by atoms with E-state index in [1.807, 2.05) is 4.90 Å². The van der Waals surface area contributed by atoms with Crippen LogP contribution in [-0.4, -0.2) is 36.1 Å². The first kappa shape index (κ1) is 16.3. The fraction of sp³-hybridized carbons (Fsp3) is 0.562. The molecule has 1 aromatic carbocycles. The predicted molar refractivity (Wildman–Crippen MR) is 80.4 cm³/mol. The van der Waals surface area contributed by atoms with E-state index in [-0.39, 0.29) is 11.7 Å². The number of ether oxygens (including phenoxy) is 1. The van der Waals surface area contributed by atoms with Crippen molar-refractivity contribution in [1.82, 2.24) is 4.90 Å². The Morgan fingerprint density at radius 2 is 1.80 bits per heavy atom. The van der Waals surface area contributed by atoms with Crippen LogP contribution in [0.4, 0.5) is 0 Å². The number of aromatic hydroxyl groups is 1. The standard InChI is InChI=1S/C16H25NO3/c1-4-6-11-17(12-7-5-2)16(19)13-9-8-10-14(20-3)15(13)18/h8-10,18H,4-7,11-12H2,1-3H3. The van der Waals surface area contributed by atoms with Gasteiger partial charge in [0.2, 0.25) is 0 Å². The Morgan fingerprint density at radius 3 is 2.30 bits per heavy atom. The molecule has 20 heavy (non-hydrogen) atoms. The van der Waals surface area contributed by atoms with Gasteiger partial charge in [-0.1, -0.05) is 32.8 Å². The van der Waals surface area contributed by atoms with Crippen molar-refractivity contribution in [3.63, 3.8) is 0 Å². The molecule has 4 nitrogen and oxygen atoms in total. The summed E-state index contributed by atoms with van der Waals surface area (Å²) >= 11 is 0. The summed E-state index contributed by atoms with van der Waals surface area (Å²) in [6.45, 7) is 5.66. The van der Waals surface area contributed by atoms with Gasteiger partial charge < -0.3 is 14.7 Å². The van der Waals surface area contributed by atoms with Crippen LogP contribution in [0.3, 0.4) is 0 Å². The van der Waals surface area contributed by atoms with E-state index in [1.165, 1.54) is 7.11 Å². The molecule has 1 aromatic rings. The number of methoxy groups -OCH3 is 1. The van der Waals surface area contributed by atoms with E-state index in [4.69, 9.17) is 4.74 Å². The molecule has 0 spiro atoms. The van der Waals surface area contributed by atoms with Gasteiger partial charge in [-0.2, -0.15) is 0 Å². The molecule has 4 heteroatoms. The quantitative estimate of drug-likeness (QED) is 0.793. The van der Waals surface area contributed by atoms with Crippen molar-refractivity contribution < 1.29 is 14.6 Å². The average molecular weight is 279 g/mol. The molecule has 0 aliphatic rings. The topological polar surface area (TPSA) is 49.8 Å². The van der Waals surface area contributed by atoms with E-state index >= 15 is 0 Å². The molecule has 1 N–H and O–H groups in total. The van der Waals surface area contributed by atoms with Gasteiger partial charge in [-0.05, 0) is 25.0 Å². The molecule has 0 atom stereocenters. The van der Waals surface area contributed by atoms with Crippen LogP contribution in [0, 0.1) is 0 Å². The second-order valence-electron chi connectivity index (χ2n) is 4.86. The maximum Gasteiger partial charge on any atom is 0.257 e. The minimum absolute atomic E-state index is 0.0713. The molecule has 0 aliphatic carbocycles. The van der Waals surface area contributed by atoms with Gasteiger partial charge in [0.1, 0.15) is 0 Å². The lowest BCUT2D eigenvalue weighted by Crippen LogP contribution is -2.33. The number of carbonyl (C=O) groups excluding carboxylic acids is 1. The van der Waals surface area contributed by atoms with Crippen molar-refractivity contribution in [2.24, 2.45) is 0 Å². The zero-order valence-electron chi connectivity index (χ0n) is 12.7. The molecule has 1 rings (SSSR count). The van der Waals surface area contributed by atoms with Crippen molar-refractivity contribution in [2.45, 2.75) is 39.5 Å². The molecule has 0 aromatic heterocycles. The average Bonchev–Trinajstić information content (AvgIpc) is 2.47. The van der Waals surface area contributed by atoms with Crippen LogP contribution in [0.1, 0.15) is 49.9 Å². The van der Waals surface area contributed by atoms with Gasteiger partial charge in [-0.15, -0.1) is 0 Å². The molecule has 0 aliphatic heterocycles. The van der Waals surface area contributed by atoms with E-state index in [0.29, 0.717) is 11.3 Å². The van der Waals surface area contributed by atoms with Crippen LogP contribution >= 0.6 is 0 Å². The maximum absolute atomic E-state index is 12.6. The van der Waals surface area contributed by atoms with Crippen molar-refractivity contribution in [3.8, 4) is 11.5 Å². The van der Waals surface area contributed by atoms with Crippen molar-refractivity contribution in [3.05, 3.63) is 23.8 Å². The summed E-state index contributed by atoms with van der Waals surface area (Å²) in [4.78, 5) is 14.4. The van der Waals surface area contributed by atoms with Gasteiger partial charge in [0, 0.05) is 13.1 Å². The van der Waals surface area contributed by atoms with Gasteiger partial charge in [0.25, 0.3) is 5.91 Å². The highest BCUT2D eigenvalue weighted by Crippen LogP contribution is 2.30. The zero-order valence-corrected chi connectivity index (χ0v) is 12.7. The van der Waals surface area contributed by atoms with Gasteiger partial charge in [-0.25, -0.2) is 0 Å². The zero-order chi connectivity index (χ0) is 15.0. The molecular weight excluding hydrogens is 254 g/mol. The smallest absolute Gasteiger partial charge is 0.257 e. The number of para-hydroxylation sites is 1. The number of phenols is 1. The number of nitrogens with zero attached hydrogens (tertiary/aromatic N) is 1. The van der Waals surface area contributed by atoms with Gasteiger partial charge in [0.05, 0.1) is 12.7 Å². The van der Waals surface area contributed by atoms with Gasteiger partial charge in [-0.3, -0.25) is 4.79 Å². The SMILES string of the molecule is CCCCN(CCCC)C(=O)c1cccc(OC)c1O. The number of rotatable bonds is 8. The second kappa shape index (κ2) is 8.46. The number of amides is 1. The molecule has 0 radical (unpaired) electrons. The second-order valence-corrected chi connectivity index (χ2v) is 4.86. The normalized spacial score (nSPS) is 10.3. The van der Waals surface area contributed by atoms with E-state index in [2.05, 4.69) is 13.8 Å². The number of carbonyl (C=O) groups is 1. The van der Waals surface area contributed by atoms with Crippen LogP contribution < -0.4 is 4.74 Å². The van der Waals surface area contributed by atoms with E-state index in [0.717, 1.165) is 38.8 Å². The lowest BCUT2D eigenvalue weighted by atomic mass is 10.1. The lowest BCUT2D eigenvalue weighted by Gasteiger charge is -2.23. The number of phenolic OH excluding ortho intramolecular Hbond substituents is 1. The summed E-state index contributed by atoms with van der Waals surface area (Å²) < 4.78 is 5.06. The highest BCUT2D eigenvalue weighted by molar-refractivity contribution is 5.97. The fourth-order valence-corrected chi connectivity index (χ4v) is 2.04. The summed E-state index contributed by atoms with van der Waals surface area (Å²) in [6, 6.07) is 5.02. The molecular formula is C16H25NO3. The van der Waals surface area contributed by atoms with Gasteiger partial charge >= 0.3 is 0 Å². The largest absolute Gasteiger partial charge is 0.504 e. The summed E-state index contributed by atoms with van der Waals surface area (Å²) in [5.41, 5.74) is 0.316. The summed E-state index contributed by atoms with van der Waals surface area (Å²) in [5.74, 6) is 0.142. The summed E-state index contributed by atoms with van der Waals surface area (Å²) in [7, 11) is 1.48. The van der Waals surface area contributed by atoms with Crippen LogP contribution in [0.2, 0.25) is 0 Å². The molecule has 1 amide bonds. The Hall–Kier alpha value is -1.71. The van der Waals surface area contributed by atoms with E-state index < -0.39 is 0 Å². The van der Waals surface area contributed by atoms with Crippen LogP contribution in [-0.2, 0) is 0 Å².